The Balaban J connectivity index is 1.26. The molecule has 0 spiro atoms. The first-order valence-electron chi connectivity index (χ1n) is 16.0. The fourth-order valence-electron chi connectivity index (χ4n) is 5.63. The number of aromatic nitrogens is 5. The standard InChI is InChI=1S/C33H36F2N7O9P/c1-17(2)25(30(44)48-14-19-7-8-20(34)13-22(19)35)41-52(46,51-21-9-10-23-18(12-21)6-5-11-37-23)49-15-24-27(43)33(3,45)31(50-24)42-16-38-26-28(42)39-32(36)40-29(26)47-4/h5-13,16-17,24-25,27,31,43,45H,14-15H2,1-4H3,(H,41,46)(H2,36,39,40)/t24-,25+,27-,31?,33-,52?/m1/s1. The van der Waals surface area contributed by atoms with Crippen molar-refractivity contribution in [3.8, 4) is 11.6 Å². The number of esters is 1. The number of methoxy groups -OCH3 is 1. The predicted octanol–water partition coefficient (Wildman–Crippen LogP) is 3.81. The number of nitrogens with zero attached hydrogens (tertiary/aromatic N) is 5. The molecule has 0 radical (unpaired) electrons. The zero-order valence-corrected chi connectivity index (χ0v) is 29.2. The van der Waals surface area contributed by atoms with Crippen LogP contribution in [0.1, 0.15) is 32.6 Å². The van der Waals surface area contributed by atoms with Crippen LogP contribution in [0.2, 0.25) is 0 Å². The van der Waals surface area contributed by atoms with E-state index in [2.05, 4.69) is 25.0 Å². The Hall–Kier alpha value is -4.84. The molecule has 276 valence electrons. The number of pyridine rings is 1. The van der Waals surface area contributed by atoms with Crippen LogP contribution < -0.4 is 20.1 Å². The Bertz CT molecular complexity index is 2150. The van der Waals surface area contributed by atoms with Gasteiger partial charge in [-0.05, 0) is 49.2 Å². The van der Waals surface area contributed by atoms with Gasteiger partial charge in [-0.2, -0.15) is 15.1 Å². The van der Waals surface area contributed by atoms with E-state index >= 15 is 0 Å². The van der Waals surface area contributed by atoms with Gasteiger partial charge >= 0.3 is 13.7 Å². The minimum atomic E-state index is -4.59. The molecule has 6 atom stereocenters. The van der Waals surface area contributed by atoms with Crippen LogP contribution in [0.3, 0.4) is 0 Å². The van der Waals surface area contributed by atoms with Crippen LogP contribution in [-0.4, -0.2) is 78.3 Å². The highest BCUT2D eigenvalue weighted by Gasteiger charge is 2.54. The number of hydrogen-bond donors (Lipinski definition) is 4. The second-order valence-corrected chi connectivity index (χ2v) is 14.2. The van der Waals surface area contributed by atoms with Crippen LogP contribution in [0.25, 0.3) is 22.1 Å². The second kappa shape index (κ2) is 14.7. The first kappa shape index (κ1) is 36.9. The molecular weight excluding hydrogens is 707 g/mol. The Morgan fingerprint density at radius 2 is 1.96 bits per heavy atom. The van der Waals surface area contributed by atoms with Crippen molar-refractivity contribution in [2.75, 3.05) is 19.5 Å². The highest BCUT2D eigenvalue weighted by atomic mass is 31.2. The zero-order chi connectivity index (χ0) is 37.4. The van der Waals surface area contributed by atoms with Crippen molar-refractivity contribution in [2.45, 2.75) is 57.5 Å². The van der Waals surface area contributed by atoms with Crippen molar-refractivity contribution in [2.24, 2.45) is 5.92 Å². The predicted molar refractivity (Wildman–Crippen MR) is 181 cm³/mol. The minimum absolute atomic E-state index is 0.0778. The number of carbonyl (C=O) groups is 1. The van der Waals surface area contributed by atoms with Crippen molar-refractivity contribution in [3.05, 3.63) is 78.3 Å². The Morgan fingerprint density at radius 3 is 2.69 bits per heavy atom. The number of rotatable bonds is 13. The number of imidazole rings is 1. The summed E-state index contributed by atoms with van der Waals surface area (Å²) < 4.78 is 71.9. The molecule has 1 aliphatic heterocycles. The molecule has 0 bridgehead atoms. The van der Waals surface area contributed by atoms with Crippen molar-refractivity contribution in [1.82, 2.24) is 29.6 Å². The number of anilines is 1. The maximum Gasteiger partial charge on any atom is 0.459 e. The Labute approximate surface area is 295 Å². The zero-order valence-electron chi connectivity index (χ0n) is 28.3. The molecule has 5 N–H and O–H groups in total. The lowest BCUT2D eigenvalue weighted by Gasteiger charge is -2.28. The van der Waals surface area contributed by atoms with E-state index < -0.39 is 74.6 Å². The van der Waals surface area contributed by atoms with Crippen LogP contribution in [0.5, 0.6) is 11.6 Å². The van der Waals surface area contributed by atoms with E-state index in [1.54, 1.807) is 44.3 Å². The second-order valence-electron chi connectivity index (χ2n) is 12.5. The molecule has 0 aliphatic carbocycles. The summed E-state index contributed by atoms with van der Waals surface area (Å²) in [6, 6.07) is 9.65. The molecular formula is C33H36F2N7O9P. The molecule has 0 amide bonds. The normalized spacial score (nSPS) is 22.1. The van der Waals surface area contributed by atoms with Crippen LogP contribution in [0.15, 0.2) is 61.1 Å². The van der Waals surface area contributed by atoms with Gasteiger partial charge < -0.3 is 34.7 Å². The van der Waals surface area contributed by atoms with E-state index in [-0.39, 0.29) is 34.3 Å². The minimum Gasteiger partial charge on any atom is -0.479 e. The van der Waals surface area contributed by atoms with E-state index in [9.17, 15) is 28.4 Å². The number of nitrogens with one attached hydrogen (secondary N) is 1. The highest BCUT2D eigenvalue weighted by Crippen LogP contribution is 2.48. The molecule has 4 heterocycles. The summed E-state index contributed by atoms with van der Waals surface area (Å²) in [5.74, 6) is -3.20. The lowest BCUT2D eigenvalue weighted by atomic mass is 9.96. The summed E-state index contributed by atoms with van der Waals surface area (Å²) in [5.41, 5.74) is 4.78. The van der Waals surface area contributed by atoms with Crippen molar-refractivity contribution in [3.63, 3.8) is 0 Å². The number of fused-ring (bicyclic) bond motifs is 2. The lowest BCUT2D eigenvalue weighted by Crippen LogP contribution is -2.45. The van der Waals surface area contributed by atoms with Gasteiger partial charge in [-0.1, -0.05) is 19.9 Å². The third-order valence-corrected chi connectivity index (χ3v) is 9.95. The average Bonchev–Trinajstić information content (AvgIpc) is 3.61. The first-order chi connectivity index (χ1) is 24.7. The first-order valence-corrected chi connectivity index (χ1v) is 17.5. The van der Waals surface area contributed by atoms with E-state index in [1.807, 2.05) is 0 Å². The van der Waals surface area contributed by atoms with Gasteiger partial charge in [0.15, 0.2) is 17.4 Å². The van der Waals surface area contributed by atoms with Crippen molar-refractivity contribution < 1.29 is 51.6 Å². The van der Waals surface area contributed by atoms with E-state index in [4.69, 9.17) is 29.0 Å². The highest BCUT2D eigenvalue weighted by molar-refractivity contribution is 7.52. The van der Waals surface area contributed by atoms with E-state index in [0.717, 1.165) is 12.1 Å². The third-order valence-electron chi connectivity index (χ3n) is 8.42. The van der Waals surface area contributed by atoms with Crippen molar-refractivity contribution >= 4 is 41.7 Å². The van der Waals surface area contributed by atoms with Gasteiger partial charge in [-0.3, -0.25) is 18.9 Å². The fraction of sp³-hybridized carbons (Fsp3) is 0.364. The van der Waals surface area contributed by atoms with Gasteiger partial charge in [0.25, 0.3) is 0 Å². The summed E-state index contributed by atoms with van der Waals surface area (Å²) in [6.45, 7) is 3.43. The van der Waals surface area contributed by atoms with Crippen LogP contribution in [-0.2, 0) is 30.0 Å². The topological polar surface area (TPSA) is 215 Å². The quantitative estimate of drug-likeness (QED) is 0.0997. The summed E-state index contributed by atoms with van der Waals surface area (Å²) in [6.07, 6.45) is -1.32. The lowest BCUT2D eigenvalue weighted by molar-refractivity contribution is -0.148. The average molecular weight is 744 g/mol. The molecule has 52 heavy (non-hydrogen) atoms. The number of nitrogens with two attached hydrogens (primary N) is 1. The van der Waals surface area contributed by atoms with E-state index in [1.165, 1.54) is 31.0 Å². The molecule has 6 rings (SSSR count). The van der Waals surface area contributed by atoms with Gasteiger partial charge in [0.05, 0.1) is 25.6 Å². The number of aliphatic hydroxyl groups is 2. The van der Waals surface area contributed by atoms with Gasteiger partial charge in [0, 0.05) is 23.2 Å². The summed E-state index contributed by atoms with van der Waals surface area (Å²) in [7, 11) is -3.22. The van der Waals surface area contributed by atoms with Gasteiger partial charge in [0.1, 0.15) is 47.8 Å². The number of nitrogen functional groups attached to an aromatic ring is 1. The van der Waals surface area contributed by atoms with Gasteiger partial charge in [-0.15, -0.1) is 0 Å². The Kier molecular flexibility index (Phi) is 10.4. The molecule has 2 unspecified atom stereocenters. The number of benzene rings is 2. The third kappa shape index (κ3) is 7.53. The summed E-state index contributed by atoms with van der Waals surface area (Å²) in [5, 5.41) is 26.0. The number of hydrogen-bond acceptors (Lipinski definition) is 14. The molecule has 1 saturated heterocycles. The summed E-state index contributed by atoms with van der Waals surface area (Å²) >= 11 is 0. The molecule has 19 heteroatoms. The molecule has 1 aliphatic rings. The van der Waals surface area contributed by atoms with Crippen molar-refractivity contribution in [1.29, 1.82) is 0 Å². The van der Waals surface area contributed by atoms with Crippen LogP contribution >= 0.6 is 7.75 Å². The maximum absolute atomic E-state index is 14.6. The molecule has 1 fully saturated rings. The molecule has 3 aromatic heterocycles. The largest absolute Gasteiger partial charge is 0.479 e. The molecule has 2 aromatic carbocycles. The smallest absolute Gasteiger partial charge is 0.459 e. The number of ether oxygens (including phenoxy) is 3. The van der Waals surface area contributed by atoms with Gasteiger partial charge in [-0.25, -0.2) is 18.3 Å². The monoisotopic (exact) mass is 743 g/mol. The molecule has 0 saturated carbocycles. The summed E-state index contributed by atoms with van der Waals surface area (Å²) in [4.78, 5) is 30.0. The maximum atomic E-state index is 14.6. The van der Waals surface area contributed by atoms with Crippen LogP contribution in [0, 0.1) is 17.6 Å². The van der Waals surface area contributed by atoms with Gasteiger partial charge in [0.2, 0.25) is 11.8 Å². The Morgan fingerprint density at radius 1 is 1.17 bits per heavy atom. The number of aliphatic hydroxyl groups excluding tert-OH is 1. The molecule has 5 aromatic rings. The van der Waals surface area contributed by atoms with Crippen LogP contribution in [0.4, 0.5) is 14.7 Å². The molecule has 16 nitrogen and oxygen atoms in total. The number of halogens is 2. The van der Waals surface area contributed by atoms with E-state index in [0.29, 0.717) is 17.0 Å². The SMILES string of the molecule is COc1nc(N)nc2c1ncn2C1O[C@H](COP(=O)(N[C@H](C(=O)OCc2ccc(F)cc2F)C(C)C)Oc2ccc3ncccc3c2)[C@@H](O)[C@@]1(C)O. The number of carbonyl (C=O) groups excluding carboxylic acids is 1. The fourth-order valence-corrected chi connectivity index (χ4v) is 7.29.